The molecule has 0 amide bonds. The molecule has 0 heterocycles. The van der Waals surface area contributed by atoms with Gasteiger partial charge in [-0.15, -0.1) is 0 Å². The minimum absolute atomic E-state index is 0.0823. The Morgan fingerprint density at radius 3 is 2.28 bits per heavy atom. The summed E-state index contributed by atoms with van der Waals surface area (Å²) in [4.78, 5) is 0. The van der Waals surface area contributed by atoms with E-state index in [9.17, 15) is 15.3 Å². The standard InChI is InChI=1S/C15H28O3/c1-13(2,17)10-5-7-14(3)11(9-10)15(4,18)8-6-12(14)16/h10-12,16-18H,5-9H2,1-4H3/t10-,11+,12+,14+,15+/m1/s1. The molecule has 0 aliphatic heterocycles. The van der Waals surface area contributed by atoms with E-state index in [1.165, 1.54) is 0 Å². The molecule has 106 valence electrons. The van der Waals surface area contributed by atoms with Crippen molar-refractivity contribution >= 4 is 0 Å². The van der Waals surface area contributed by atoms with Gasteiger partial charge in [-0.1, -0.05) is 6.92 Å². The normalized spacial score (nSPS) is 49.8. The highest BCUT2D eigenvalue weighted by atomic mass is 16.3. The van der Waals surface area contributed by atoms with Crippen LogP contribution < -0.4 is 0 Å². The van der Waals surface area contributed by atoms with E-state index >= 15 is 0 Å². The number of aliphatic hydroxyl groups excluding tert-OH is 1. The van der Waals surface area contributed by atoms with Crippen LogP contribution in [0.1, 0.15) is 59.8 Å². The molecule has 2 rings (SSSR count). The molecular weight excluding hydrogens is 228 g/mol. The molecule has 0 aromatic rings. The van der Waals surface area contributed by atoms with E-state index in [4.69, 9.17) is 0 Å². The molecule has 3 nitrogen and oxygen atoms in total. The molecule has 0 bridgehead atoms. The van der Waals surface area contributed by atoms with Crippen LogP contribution in [0.15, 0.2) is 0 Å². The van der Waals surface area contributed by atoms with Gasteiger partial charge in [-0.05, 0) is 70.1 Å². The van der Waals surface area contributed by atoms with E-state index in [0.717, 1.165) is 19.3 Å². The van der Waals surface area contributed by atoms with Crippen molar-refractivity contribution in [3.63, 3.8) is 0 Å². The smallest absolute Gasteiger partial charge is 0.0655 e. The van der Waals surface area contributed by atoms with Gasteiger partial charge in [-0.2, -0.15) is 0 Å². The maximum atomic E-state index is 10.6. The zero-order valence-corrected chi connectivity index (χ0v) is 12.1. The van der Waals surface area contributed by atoms with E-state index in [1.807, 2.05) is 20.8 Å². The number of rotatable bonds is 1. The van der Waals surface area contributed by atoms with E-state index in [0.29, 0.717) is 12.8 Å². The largest absolute Gasteiger partial charge is 0.393 e. The minimum atomic E-state index is -0.710. The Morgan fingerprint density at radius 1 is 1.11 bits per heavy atom. The number of hydrogen-bond donors (Lipinski definition) is 3. The summed E-state index contributed by atoms with van der Waals surface area (Å²) in [6.07, 6.45) is 3.67. The van der Waals surface area contributed by atoms with E-state index in [-0.39, 0.29) is 23.4 Å². The summed E-state index contributed by atoms with van der Waals surface area (Å²) < 4.78 is 0. The lowest BCUT2D eigenvalue weighted by Crippen LogP contribution is -2.58. The van der Waals surface area contributed by atoms with Crippen molar-refractivity contribution in [2.24, 2.45) is 17.3 Å². The predicted molar refractivity (Wildman–Crippen MR) is 71.1 cm³/mol. The number of fused-ring (bicyclic) bond motifs is 1. The molecule has 2 aliphatic rings. The molecule has 0 aromatic heterocycles. The number of aliphatic hydroxyl groups is 3. The minimum Gasteiger partial charge on any atom is -0.393 e. The maximum Gasteiger partial charge on any atom is 0.0655 e. The van der Waals surface area contributed by atoms with Gasteiger partial charge in [0.2, 0.25) is 0 Å². The highest BCUT2D eigenvalue weighted by Gasteiger charge is 2.56. The Kier molecular flexibility index (Phi) is 3.33. The van der Waals surface area contributed by atoms with Crippen LogP contribution in [0.4, 0.5) is 0 Å². The van der Waals surface area contributed by atoms with Crippen molar-refractivity contribution < 1.29 is 15.3 Å². The third kappa shape index (κ3) is 2.21. The third-order valence-corrected chi connectivity index (χ3v) is 5.78. The van der Waals surface area contributed by atoms with Crippen molar-refractivity contribution in [2.45, 2.75) is 77.1 Å². The molecule has 3 N–H and O–H groups in total. The lowest BCUT2D eigenvalue weighted by Gasteiger charge is -2.57. The molecule has 18 heavy (non-hydrogen) atoms. The Labute approximate surface area is 110 Å². The van der Waals surface area contributed by atoms with Gasteiger partial charge in [-0.3, -0.25) is 0 Å². The summed E-state index contributed by atoms with van der Waals surface area (Å²) in [6.45, 7) is 7.72. The van der Waals surface area contributed by atoms with Crippen molar-refractivity contribution in [1.82, 2.24) is 0 Å². The Balaban J connectivity index is 2.26. The van der Waals surface area contributed by atoms with E-state index < -0.39 is 11.2 Å². The molecule has 2 aliphatic carbocycles. The Hall–Kier alpha value is -0.120. The summed E-state index contributed by atoms with van der Waals surface area (Å²) >= 11 is 0. The lowest BCUT2D eigenvalue weighted by atomic mass is 9.51. The Morgan fingerprint density at radius 2 is 1.72 bits per heavy atom. The fraction of sp³-hybridized carbons (Fsp3) is 1.00. The van der Waals surface area contributed by atoms with Crippen LogP contribution in [0.25, 0.3) is 0 Å². The highest BCUT2D eigenvalue weighted by molar-refractivity contribution is 5.06. The molecule has 2 saturated carbocycles. The van der Waals surface area contributed by atoms with Gasteiger partial charge >= 0.3 is 0 Å². The van der Waals surface area contributed by atoms with Crippen LogP contribution >= 0.6 is 0 Å². The van der Waals surface area contributed by atoms with Crippen molar-refractivity contribution in [3.05, 3.63) is 0 Å². The zero-order valence-electron chi connectivity index (χ0n) is 12.1. The molecule has 2 fully saturated rings. The van der Waals surface area contributed by atoms with Crippen LogP contribution in [0, 0.1) is 17.3 Å². The first-order valence-electron chi connectivity index (χ1n) is 7.20. The second kappa shape index (κ2) is 4.19. The van der Waals surface area contributed by atoms with Crippen molar-refractivity contribution in [2.75, 3.05) is 0 Å². The number of hydrogen-bond acceptors (Lipinski definition) is 3. The molecule has 3 heteroatoms. The van der Waals surface area contributed by atoms with Crippen molar-refractivity contribution in [1.29, 1.82) is 0 Å². The SMILES string of the molecule is CC(C)(O)[C@@H]1CC[C@]2(C)[C@@H](O)CC[C@](C)(O)[C@H]2C1. The first-order chi connectivity index (χ1) is 8.07. The first-order valence-corrected chi connectivity index (χ1v) is 7.20. The van der Waals surface area contributed by atoms with Crippen LogP contribution in [0.2, 0.25) is 0 Å². The van der Waals surface area contributed by atoms with Gasteiger partial charge < -0.3 is 15.3 Å². The summed E-state index contributed by atoms with van der Waals surface area (Å²) in [5.74, 6) is 0.297. The fourth-order valence-electron chi connectivity index (χ4n) is 4.27. The average Bonchev–Trinajstić information content (AvgIpc) is 2.23. The summed E-state index contributed by atoms with van der Waals surface area (Å²) in [7, 11) is 0. The van der Waals surface area contributed by atoms with Gasteiger partial charge in [0.1, 0.15) is 0 Å². The van der Waals surface area contributed by atoms with Crippen LogP contribution in [-0.4, -0.2) is 32.6 Å². The van der Waals surface area contributed by atoms with Crippen LogP contribution in [0.3, 0.4) is 0 Å². The van der Waals surface area contributed by atoms with Gasteiger partial charge in [0.05, 0.1) is 17.3 Å². The second-order valence-corrected chi connectivity index (χ2v) is 7.60. The van der Waals surface area contributed by atoms with E-state index in [2.05, 4.69) is 6.92 Å². The second-order valence-electron chi connectivity index (χ2n) is 7.60. The molecule has 0 unspecified atom stereocenters. The zero-order chi connectivity index (χ0) is 13.8. The predicted octanol–water partition coefficient (Wildman–Crippen LogP) is 2.09. The molecule has 0 spiro atoms. The highest BCUT2D eigenvalue weighted by Crippen LogP contribution is 2.56. The van der Waals surface area contributed by atoms with Gasteiger partial charge in [0, 0.05) is 0 Å². The molecule has 0 aromatic carbocycles. The molecule has 0 radical (unpaired) electrons. The third-order valence-electron chi connectivity index (χ3n) is 5.78. The van der Waals surface area contributed by atoms with Gasteiger partial charge in [0.15, 0.2) is 0 Å². The van der Waals surface area contributed by atoms with Gasteiger partial charge in [0.25, 0.3) is 0 Å². The summed E-state index contributed by atoms with van der Waals surface area (Å²) in [5.41, 5.74) is -1.60. The summed E-state index contributed by atoms with van der Waals surface area (Å²) in [5, 5.41) is 31.2. The Bertz CT molecular complexity index is 318. The molecule has 0 saturated heterocycles. The molecule has 5 atom stereocenters. The maximum absolute atomic E-state index is 10.6. The summed E-state index contributed by atoms with van der Waals surface area (Å²) in [6, 6.07) is 0. The first kappa shape index (κ1) is 14.3. The van der Waals surface area contributed by atoms with Crippen LogP contribution in [0.5, 0.6) is 0 Å². The monoisotopic (exact) mass is 256 g/mol. The quantitative estimate of drug-likeness (QED) is 0.673. The topological polar surface area (TPSA) is 60.7 Å². The average molecular weight is 256 g/mol. The van der Waals surface area contributed by atoms with Crippen LogP contribution in [-0.2, 0) is 0 Å². The van der Waals surface area contributed by atoms with Crippen molar-refractivity contribution in [3.8, 4) is 0 Å². The van der Waals surface area contributed by atoms with Gasteiger partial charge in [-0.25, -0.2) is 0 Å². The lowest BCUT2D eigenvalue weighted by molar-refractivity contribution is -0.186. The fourth-order valence-corrected chi connectivity index (χ4v) is 4.27. The molecular formula is C15H28O3. The van der Waals surface area contributed by atoms with E-state index in [1.54, 1.807) is 0 Å².